The highest BCUT2D eigenvalue weighted by Crippen LogP contribution is 2.28. The van der Waals surface area contributed by atoms with E-state index in [1.807, 2.05) is 30.3 Å². The molecule has 0 unspecified atom stereocenters. The third kappa shape index (κ3) is 3.49. The second-order valence-electron chi connectivity index (χ2n) is 3.76. The lowest BCUT2D eigenvalue weighted by Crippen LogP contribution is -1.99. The number of nitrogens with one attached hydrogen (secondary N) is 1. The van der Waals surface area contributed by atoms with Gasteiger partial charge in [0.25, 0.3) is 0 Å². The molecule has 0 bridgehead atoms. The molecule has 0 aliphatic heterocycles. The third-order valence-electron chi connectivity index (χ3n) is 2.43. The summed E-state index contributed by atoms with van der Waals surface area (Å²) in [4.78, 5) is 0. The lowest BCUT2D eigenvalue weighted by atomic mass is 10.2. The zero-order chi connectivity index (χ0) is 13.1. The van der Waals surface area contributed by atoms with Crippen molar-refractivity contribution in [1.29, 1.82) is 0 Å². The van der Waals surface area contributed by atoms with Gasteiger partial charge >= 0.3 is 0 Å². The van der Waals surface area contributed by atoms with Gasteiger partial charge in [0.2, 0.25) is 0 Å². The Morgan fingerprint density at radius 3 is 2.39 bits per heavy atom. The second kappa shape index (κ2) is 6.08. The number of aromatic hydroxyl groups is 1. The van der Waals surface area contributed by atoms with Crippen LogP contribution in [0, 0.1) is 0 Å². The van der Waals surface area contributed by atoms with E-state index in [4.69, 9.17) is 0 Å². The van der Waals surface area contributed by atoms with Gasteiger partial charge in [-0.3, -0.25) is 0 Å². The monoisotopic (exact) mass is 433 g/mol. The molecule has 0 aliphatic carbocycles. The predicted molar refractivity (Wildman–Crippen MR) is 85.0 cm³/mol. The highest BCUT2D eigenvalue weighted by Gasteiger charge is 2.02. The number of phenols is 1. The van der Waals surface area contributed by atoms with Crippen LogP contribution >= 0.6 is 47.8 Å². The first-order valence-corrected chi connectivity index (χ1v) is 7.60. The number of phenolic OH excluding ortho intramolecular Hbond substituents is 1. The van der Waals surface area contributed by atoms with Crippen LogP contribution in [0.15, 0.2) is 49.8 Å². The van der Waals surface area contributed by atoms with E-state index in [0.29, 0.717) is 11.0 Å². The molecule has 2 nitrogen and oxygen atoms in total. The molecule has 0 saturated heterocycles. The number of rotatable bonds is 3. The molecule has 0 atom stereocenters. The first-order valence-electron chi connectivity index (χ1n) is 5.22. The number of hydrogen-bond donors (Lipinski definition) is 2. The summed E-state index contributed by atoms with van der Waals surface area (Å²) in [6.45, 7) is 0.694. The van der Waals surface area contributed by atoms with Crippen LogP contribution in [0.3, 0.4) is 0 Å². The largest absolute Gasteiger partial charge is 0.507 e. The Hall–Kier alpha value is -0.520. The van der Waals surface area contributed by atoms with Crippen LogP contribution in [-0.4, -0.2) is 5.11 Å². The molecule has 0 fully saturated rings. The number of hydrogen-bond acceptors (Lipinski definition) is 2. The van der Waals surface area contributed by atoms with Gasteiger partial charge in [-0.2, -0.15) is 0 Å². The lowest BCUT2D eigenvalue weighted by Gasteiger charge is -2.09. The van der Waals surface area contributed by atoms with Crippen LogP contribution in [0.2, 0.25) is 0 Å². The molecule has 0 radical (unpaired) electrons. The molecule has 18 heavy (non-hydrogen) atoms. The van der Waals surface area contributed by atoms with Crippen molar-refractivity contribution in [3.8, 4) is 5.75 Å². The molecule has 2 aromatic rings. The van der Waals surface area contributed by atoms with Crippen molar-refractivity contribution in [2.24, 2.45) is 0 Å². The molecule has 94 valence electrons. The van der Waals surface area contributed by atoms with Crippen molar-refractivity contribution in [1.82, 2.24) is 0 Å². The van der Waals surface area contributed by atoms with Crippen molar-refractivity contribution in [3.63, 3.8) is 0 Å². The van der Waals surface area contributed by atoms with Gasteiger partial charge in [0.05, 0.1) is 4.47 Å². The average molecular weight is 436 g/mol. The molecule has 5 heteroatoms. The second-order valence-corrected chi connectivity index (χ2v) is 6.39. The van der Waals surface area contributed by atoms with E-state index in [1.54, 1.807) is 6.07 Å². The lowest BCUT2D eigenvalue weighted by molar-refractivity contribution is 0.471. The van der Waals surface area contributed by atoms with E-state index in [2.05, 4.69) is 53.1 Å². The van der Waals surface area contributed by atoms with Crippen LogP contribution in [0.1, 0.15) is 5.56 Å². The molecule has 2 N–H and O–H groups in total. The molecule has 0 spiro atoms. The summed E-state index contributed by atoms with van der Waals surface area (Å²) in [5, 5.41) is 12.8. The fourth-order valence-corrected chi connectivity index (χ4v) is 3.10. The molecule has 0 aliphatic rings. The number of anilines is 1. The standard InChI is InChI=1S/C13H10Br3NO/c14-9-2-3-12(10(15)6-9)17-7-8-1-4-13(18)11(16)5-8/h1-6,17-18H,7H2. The van der Waals surface area contributed by atoms with E-state index < -0.39 is 0 Å². The van der Waals surface area contributed by atoms with Crippen molar-refractivity contribution < 1.29 is 5.11 Å². The Morgan fingerprint density at radius 2 is 1.72 bits per heavy atom. The van der Waals surface area contributed by atoms with Gasteiger partial charge < -0.3 is 10.4 Å². The SMILES string of the molecule is Oc1ccc(CNc2ccc(Br)cc2Br)cc1Br. The maximum Gasteiger partial charge on any atom is 0.129 e. The summed E-state index contributed by atoms with van der Waals surface area (Å²) in [6, 6.07) is 11.4. The van der Waals surface area contributed by atoms with Gasteiger partial charge in [0, 0.05) is 21.2 Å². The molecule has 0 amide bonds. The molecule has 0 aromatic heterocycles. The Bertz CT molecular complexity index is 572. The van der Waals surface area contributed by atoms with E-state index >= 15 is 0 Å². The van der Waals surface area contributed by atoms with Gasteiger partial charge in [-0.15, -0.1) is 0 Å². The minimum absolute atomic E-state index is 0.253. The highest BCUT2D eigenvalue weighted by molar-refractivity contribution is 9.11. The number of halogens is 3. The summed E-state index contributed by atoms with van der Waals surface area (Å²) >= 11 is 10.2. The average Bonchev–Trinajstić information content (AvgIpc) is 2.32. The van der Waals surface area contributed by atoms with Crippen molar-refractivity contribution in [2.45, 2.75) is 6.54 Å². The minimum Gasteiger partial charge on any atom is -0.507 e. The first kappa shape index (κ1) is 13.9. The fourth-order valence-electron chi connectivity index (χ4n) is 1.49. The van der Waals surface area contributed by atoms with Crippen molar-refractivity contribution >= 4 is 53.5 Å². The normalized spacial score (nSPS) is 10.4. The summed E-state index contributed by atoms with van der Waals surface area (Å²) in [5.74, 6) is 0.253. The quantitative estimate of drug-likeness (QED) is 0.686. The van der Waals surface area contributed by atoms with Crippen LogP contribution in [-0.2, 0) is 6.54 Å². The Balaban J connectivity index is 2.09. The maximum atomic E-state index is 9.42. The van der Waals surface area contributed by atoms with Crippen LogP contribution in [0.25, 0.3) is 0 Å². The van der Waals surface area contributed by atoms with Gasteiger partial charge in [-0.05, 0) is 67.8 Å². The van der Waals surface area contributed by atoms with Gasteiger partial charge in [0.15, 0.2) is 0 Å². The first-order chi connectivity index (χ1) is 8.56. The summed E-state index contributed by atoms with van der Waals surface area (Å²) < 4.78 is 2.75. The van der Waals surface area contributed by atoms with Crippen LogP contribution in [0.4, 0.5) is 5.69 Å². The Kier molecular flexibility index (Phi) is 4.70. The smallest absolute Gasteiger partial charge is 0.129 e. The van der Waals surface area contributed by atoms with Gasteiger partial charge in [-0.25, -0.2) is 0 Å². The van der Waals surface area contributed by atoms with E-state index in [1.165, 1.54) is 0 Å². The molecule has 2 rings (SSSR count). The topological polar surface area (TPSA) is 32.3 Å². The summed E-state index contributed by atoms with van der Waals surface area (Å²) in [7, 11) is 0. The van der Waals surface area contributed by atoms with E-state index in [9.17, 15) is 5.11 Å². The predicted octanol–water partition coefficient (Wildman–Crippen LogP) is 5.29. The minimum atomic E-state index is 0.253. The van der Waals surface area contributed by atoms with Crippen molar-refractivity contribution in [2.75, 3.05) is 5.32 Å². The molecule has 0 saturated carbocycles. The summed E-state index contributed by atoms with van der Waals surface area (Å²) in [6.07, 6.45) is 0. The Morgan fingerprint density at radius 1 is 0.944 bits per heavy atom. The van der Waals surface area contributed by atoms with E-state index in [-0.39, 0.29) is 5.75 Å². The molecule has 0 heterocycles. The number of benzene rings is 2. The zero-order valence-electron chi connectivity index (χ0n) is 9.25. The zero-order valence-corrected chi connectivity index (χ0v) is 14.0. The van der Waals surface area contributed by atoms with Crippen LogP contribution < -0.4 is 5.32 Å². The molecular formula is C13H10Br3NO. The molecular weight excluding hydrogens is 426 g/mol. The van der Waals surface area contributed by atoms with Gasteiger partial charge in [0.1, 0.15) is 5.75 Å². The fraction of sp³-hybridized carbons (Fsp3) is 0.0769. The summed E-state index contributed by atoms with van der Waals surface area (Å²) in [5.41, 5.74) is 2.12. The third-order valence-corrected chi connectivity index (χ3v) is 4.21. The molecule has 2 aromatic carbocycles. The highest BCUT2D eigenvalue weighted by atomic mass is 79.9. The van der Waals surface area contributed by atoms with Crippen molar-refractivity contribution in [3.05, 3.63) is 55.4 Å². The van der Waals surface area contributed by atoms with Gasteiger partial charge in [-0.1, -0.05) is 22.0 Å². The van der Waals surface area contributed by atoms with Crippen LogP contribution in [0.5, 0.6) is 5.75 Å². The van der Waals surface area contributed by atoms with E-state index in [0.717, 1.165) is 20.2 Å². The maximum absolute atomic E-state index is 9.42. The Labute approximate surface area is 131 Å².